The first-order chi connectivity index (χ1) is 6.52. The summed E-state index contributed by atoms with van der Waals surface area (Å²) in [7, 11) is 0. The average Bonchev–Trinajstić information content (AvgIpc) is 2.13. The van der Waals surface area contributed by atoms with Crippen LogP contribution in [0.3, 0.4) is 0 Å². The lowest BCUT2D eigenvalue weighted by Gasteiger charge is -2.04. The lowest BCUT2D eigenvalue weighted by molar-refractivity contribution is -0.119. The molecule has 0 unspecified atom stereocenters. The molecule has 2 nitrogen and oxygen atoms in total. The summed E-state index contributed by atoms with van der Waals surface area (Å²) < 4.78 is 38.1. The molecule has 0 heterocycles. The minimum Gasteiger partial charge on any atom is -0.352 e. The number of hydrogen-bond donors (Lipinski definition) is 1. The number of benzene rings is 1. The lowest BCUT2D eigenvalue weighted by Crippen LogP contribution is -2.20. The third kappa shape index (κ3) is 2.25. The first-order valence-electron chi connectivity index (χ1n) is 3.89. The van der Waals surface area contributed by atoms with Gasteiger partial charge in [-0.15, -0.1) is 0 Å². The molecule has 0 fully saturated rings. The van der Waals surface area contributed by atoms with Crippen LogP contribution in [0, 0.1) is 17.5 Å². The van der Waals surface area contributed by atoms with Gasteiger partial charge >= 0.3 is 0 Å². The first-order valence-corrected chi connectivity index (χ1v) is 3.89. The molecule has 0 radical (unpaired) electrons. The highest BCUT2D eigenvalue weighted by atomic mass is 19.2. The molecule has 1 aromatic rings. The fourth-order valence-electron chi connectivity index (χ4n) is 0.922. The van der Waals surface area contributed by atoms with Crippen LogP contribution in [-0.2, 0) is 11.3 Å². The van der Waals surface area contributed by atoms with Crippen molar-refractivity contribution in [3.8, 4) is 0 Å². The van der Waals surface area contributed by atoms with E-state index < -0.39 is 17.5 Å². The summed E-state index contributed by atoms with van der Waals surface area (Å²) in [4.78, 5) is 10.5. The Labute approximate surface area is 78.7 Å². The topological polar surface area (TPSA) is 29.1 Å². The summed E-state index contributed by atoms with van der Waals surface area (Å²) in [6.45, 7) is 1.09. The zero-order valence-electron chi connectivity index (χ0n) is 7.40. The van der Waals surface area contributed by atoms with Crippen LogP contribution >= 0.6 is 0 Å². The van der Waals surface area contributed by atoms with E-state index in [2.05, 4.69) is 5.32 Å². The lowest BCUT2D eigenvalue weighted by atomic mass is 10.2. The van der Waals surface area contributed by atoms with Crippen LogP contribution in [0.2, 0.25) is 0 Å². The highest BCUT2D eigenvalue weighted by Gasteiger charge is 2.12. The molecule has 0 aromatic heterocycles. The Balaban J connectivity index is 2.88. The van der Waals surface area contributed by atoms with Gasteiger partial charge in [0.05, 0.1) is 0 Å². The van der Waals surface area contributed by atoms with Crippen LogP contribution in [0.4, 0.5) is 13.2 Å². The van der Waals surface area contributed by atoms with Crippen LogP contribution in [0.5, 0.6) is 0 Å². The molecular weight excluding hydrogens is 195 g/mol. The Kier molecular flexibility index (Phi) is 3.11. The second kappa shape index (κ2) is 4.13. The maximum atomic E-state index is 12.9. The van der Waals surface area contributed by atoms with Gasteiger partial charge in [0.15, 0.2) is 17.5 Å². The van der Waals surface area contributed by atoms with E-state index in [1.807, 2.05) is 0 Å². The molecule has 0 aliphatic rings. The van der Waals surface area contributed by atoms with E-state index in [9.17, 15) is 18.0 Å². The molecule has 5 heteroatoms. The molecule has 0 bridgehead atoms. The third-order valence-electron chi connectivity index (χ3n) is 1.64. The highest BCUT2D eigenvalue weighted by molar-refractivity contribution is 5.72. The van der Waals surface area contributed by atoms with E-state index in [0.717, 1.165) is 12.1 Å². The number of rotatable bonds is 2. The minimum atomic E-state index is -1.52. The Hall–Kier alpha value is -1.52. The van der Waals surface area contributed by atoms with Gasteiger partial charge in [-0.25, -0.2) is 13.2 Å². The summed E-state index contributed by atoms with van der Waals surface area (Å²) in [5.74, 6) is -4.39. The van der Waals surface area contributed by atoms with Gasteiger partial charge in [-0.05, 0) is 6.07 Å². The molecule has 1 rings (SSSR count). The van der Waals surface area contributed by atoms with Crippen molar-refractivity contribution in [2.24, 2.45) is 0 Å². The minimum absolute atomic E-state index is 0.0842. The van der Waals surface area contributed by atoms with Gasteiger partial charge in [0.25, 0.3) is 0 Å². The molecule has 1 amide bonds. The van der Waals surface area contributed by atoms with Gasteiger partial charge < -0.3 is 5.32 Å². The van der Waals surface area contributed by atoms with Crippen LogP contribution in [0.15, 0.2) is 12.1 Å². The fourth-order valence-corrected chi connectivity index (χ4v) is 0.922. The number of carbonyl (C=O) groups excluding carboxylic acids is 1. The summed E-state index contributed by atoms with van der Waals surface area (Å²) in [5, 5.41) is 2.28. The van der Waals surface area contributed by atoms with Gasteiger partial charge in [-0.3, -0.25) is 4.79 Å². The second-order valence-corrected chi connectivity index (χ2v) is 2.74. The van der Waals surface area contributed by atoms with E-state index >= 15 is 0 Å². The molecule has 0 saturated heterocycles. The Bertz CT molecular complexity index is 365. The molecule has 0 atom stereocenters. The predicted molar refractivity (Wildman–Crippen MR) is 43.8 cm³/mol. The fraction of sp³-hybridized carbons (Fsp3) is 0.222. The van der Waals surface area contributed by atoms with Crippen molar-refractivity contribution < 1.29 is 18.0 Å². The molecule has 1 aromatic carbocycles. The van der Waals surface area contributed by atoms with Crippen molar-refractivity contribution in [3.63, 3.8) is 0 Å². The van der Waals surface area contributed by atoms with Crippen molar-refractivity contribution in [1.29, 1.82) is 0 Å². The van der Waals surface area contributed by atoms with Crippen LogP contribution in [-0.4, -0.2) is 5.91 Å². The number of nitrogens with one attached hydrogen (secondary N) is 1. The molecule has 0 aliphatic heterocycles. The maximum Gasteiger partial charge on any atom is 0.217 e. The molecule has 0 saturated carbocycles. The molecular formula is C9H8F3NO. The van der Waals surface area contributed by atoms with Crippen molar-refractivity contribution >= 4 is 5.91 Å². The second-order valence-electron chi connectivity index (χ2n) is 2.74. The predicted octanol–water partition coefficient (Wildman–Crippen LogP) is 1.74. The molecule has 0 spiro atoms. The SMILES string of the molecule is CC(=O)NCc1ccc(F)c(F)c1F. The largest absolute Gasteiger partial charge is 0.352 e. The van der Waals surface area contributed by atoms with Crippen LogP contribution in [0.1, 0.15) is 12.5 Å². The normalized spacial score (nSPS) is 10.0. The van der Waals surface area contributed by atoms with Crippen molar-refractivity contribution in [1.82, 2.24) is 5.32 Å². The Morgan fingerprint density at radius 2 is 1.93 bits per heavy atom. The van der Waals surface area contributed by atoms with E-state index in [1.165, 1.54) is 6.92 Å². The quantitative estimate of drug-likeness (QED) is 0.729. The average molecular weight is 203 g/mol. The summed E-state index contributed by atoms with van der Waals surface area (Å²) in [6.07, 6.45) is 0. The molecule has 14 heavy (non-hydrogen) atoms. The van der Waals surface area contributed by atoms with Crippen LogP contribution < -0.4 is 5.32 Å². The number of halogens is 3. The molecule has 0 aliphatic carbocycles. The Morgan fingerprint density at radius 3 is 2.50 bits per heavy atom. The van der Waals surface area contributed by atoms with Gasteiger partial charge in [0.1, 0.15) is 0 Å². The zero-order valence-corrected chi connectivity index (χ0v) is 7.40. The third-order valence-corrected chi connectivity index (χ3v) is 1.64. The van der Waals surface area contributed by atoms with Crippen LogP contribution in [0.25, 0.3) is 0 Å². The van der Waals surface area contributed by atoms with E-state index in [0.29, 0.717) is 0 Å². The Morgan fingerprint density at radius 1 is 1.29 bits per heavy atom. The number of hydrogen-bond acceptors (Lipinski definition) is 1. The molecule has 1 N–H and O–H groups in total. The van der Waals surface area contributed by atoms with E-state index in [-0.39, 0.29) is 18.0 Å². The van der Waals surface area contributed by atoms with Gasteiger partial charge in [-0.2, -0.15) is 0 Å². The van der Waals surface area contributed by atoms with Gasteiger partial charge in [-0.1, -0.05) is 6.07 Å². The number of amides is 1. The van der Waals surface area contributed by atoms with E-state index in [4.69, 9.17) is 0 Å². The summed E-state index contributed by atoms with van der Waals surface area (Å²) >= 11 is 0. The maximum absolute atomic E-state index is 12.9. The standard InChI is InChI=1S/C9H8F3NO/c1-5(14)13-4-6-2-3-7(10)9(12)8(6)11/h2-3H,4H2,1H3,(H,13,14). The highest BCUT2D eigenvalue weighted by Crippen LogP contribution is 2.14. The molecule has 76 valence electrons. The summed E-state index contributed by atoms with van der Waals surface area (Å²) in [5.41, 5.74) is -0.0842. The van der Waals surface area contributed by atoms with Gasteiger partial charge in [0.2, 0.25) is 5.91 Å². The van der Waals surface area contributed by atoms with Crippen molar-refractivity contribution in [2.75, 3.05) is 0 Å². The monoisotopic (exact) mass is 203 g/mol. The van der Waals surface area contributed by atoms with E-state index in [1.54, 1.807) is 0 Å². The van der Waals surface area contributed by atoms with Crippen molar-refractivity contribution in [3.05, 3.63) is 35.1 Å². The first kappa shape index (κ1) is 10.6. The summed E-state index contributed by atoms with van der Waals surface area (Å²) in [6, 6.07) is 1.90. The number of carbonyl (C=O) groups is 1. The van der Waals surface area contributed by atoms with Crippen molar-refractivity contribution in [2.45, 2.75) is 13.5 Å². The van der Waals surface area contributed by atoms with Gasteiger partial charge in [0, 0.05) is 19.0 Å². The zero-order chi connectivity index (χ0) is 10.7. The smallest absolute Gasteiger partial charge is 0.217 e.